The van der Waals surface area contributed by atoms with Crippen molar-refractivity contribution in [2.75, 3.05) is 13.1 Å². The second-order valence-electron chi connectivity index (χ2n) is 8.54. The monoisotopic (exact) mass is 461 g/mol. The lowest BCUT2D eigenvalue weighted by Crippen LogP contribution is -2.39. The molecule has 3 rings (SSSR count). The Kier molecular flexibility index (Phi) is 6.90. The van der Waals surface area contributed by atoms with Crippen molar-refractivity contribution in [1.82, 2.24) is 5.32 Å². The van der Waals surface area contributed by atoms with Gasteiger partial charge in [0.15, 0.2) is 0 Å². The minimum atomic E-state index is -4.05. The van der Waals surface area contributed by atoms with Gasteiger partial charge < -0.3 is 19.9 Å². The molecule has 172 valence electrons. The third-order valence-electron chi connectivity index (χ3n) is 4.84. The van der Waals surface area contributed by atoms with Gasteiger partial charge in [-0.15, -0.1) is 0 Å². The predicted octanol–water partition coefficient (Wildman–Crippen LogP) is 2.84. The molecule has 0 aliphatic carbocycles. The summed E-state index contributed by atoms with van der Waals surface area (Å²) in [4.78, 5) is 23.7. The molecule has 0 radical (unpaired) electrons. The number of benzene rings is 2. The molecule has 2 aromatic carbocycles. The second-order valence-corrected chi connectivity index (χ2v) is 10.5. The van der Waals surface area contributed by atoms with E-state index in [2.05, 4.69) is 5.32 Å². The minimum absolute atomic E-state index is 0.00818. The van der Waals surface area contributed by atoms with Crippen LogP contribution < -0.4 is 10.1 Å². The van der Waals surface area contributed by atoms with E-state index >= 15 is 0 Å². The third kappa shape index (κ3) is 5.46. The molecular formula is C23H27NO7S. The topological polar surface area (TPSA) is 119 Å². The van der Waals surface area contributed by atoms with Crippen LogP contribution in [0.4, 0.5) is 0 Å². The normalized spacial score (nSPS) is 16.0. The van der Waals surface area contributed by atoms with Crippen LogP contribution in [-0.2, 0) is 25.8 Å². The average Bonchev–Trinajstić information content (AvgIpc) is 2.72. The van der Waals surface area contributed by atoms with Crippen LogP contribution >= 0.6 is 0 Å². The quantitative estimate of drug-likeness (QED) is 0.604. The minimum Gasteiger partial charge on any atom is -0.488 e. The molecule has 1 atom stereocenters. The van der Waals surface area contributed by atoms with Gasteiger partial charge >= 0.3 is 11.9 Å². The Labute approximate surface area is 187 Å². The molecule has 0 saturated carbocycles. The number of rotatable bonds is 7. The van der Waals surface area contributed by atoms with Crippen molar-refractivity contribution in [2.24, 2.45) is 0 Å². The molecule has 8 nitrogen and oxygen atoms in total. The van der Waals surface area contributed by atoms with E-state index in [1.165, 1.54) is 18.2 Å². The van der Waals surface area contributed by atoms with Crippen LogP contribution in [-0.4, -0.2) is 50.3 Å². The highest BCUT2D eigenvalue weighted by atomic mass is 32.2. The molecule has 0 spiro atoms. The van der Waals surface area contributed by atoms with Gasteiger partial charge in [-0.1, -0.05) is 24.3 Å². The molecule has 1 heterocycles. The maximum atomic E-state index is 13.1. The smallest absolute Gasteiger partial charge is 0.340 e. The lowest BCUT2D eigenvalue weighted by molar-refractivity contribution is -0.153. The van der Waals surface area contributed by atoms with Gasteiger partial charge in [-0.2, -0.15) is 0 Å². The highest BCUT2D eigenvalue weighted by Crippen LogP contribution is 2.37. The lowest BCUT2D eigenvalue weighted by Gasteiger charge is -2.28. The zero-order valence-corrected chi connectivity index (χ0v) is 19.1. The first kappa shape index (κ1) is 23.7. The Bertz CT molecular complexity index is 1110. The van der Waals surface area contributed by atoms with Crippen LogP contribution in [0, 0.1) is 0 Å². The van der Waals surface area contributed by atoms with Crippen LogP contribution in [0.5, 0.6) is 5.75 Å². The van der Waals surface area contributed by atoms with Gasteiger partial charge in [0.2, 0.25) is 9.84 Å². The first-order chi connectivity index (χ1) is 15.0. The Hall–Kier alpha value is -2.91. The largest absolute Gasteiger partial charge is 0.488 e. The molecular weight excluding hydrogens is 434 g/mol. The summed E-state index contributed by atoms with van der Waals surface area (Å²) in [6.07, 6.45) is 0.704. The maximum Gasteiger partial charge on any atom is 0.340 e. The summed E-state index contributed by atoms with van der Waals surface area (Å²) >= 11 is 0. The standard InChI is InChI=1S/C23H27NO7S/c1-23(2,3)31-19(25)14-24-13-16-11-9-15-10-12-18(20(22(26)27)21(15)30-16)32(28,29)17-7-5-4-6-8-17/h4-8,10,12,16,24H,9,11,13-14H2,1-3H3,(H,26,27). The van der Waals surface area contributed by atoms with Gasteiger partial charge in [0.25, 0.3) is 0 Å². The molecule has 2 N–H and O–H groups in total. The number of fused-ring (bicyclic) bond motifs is 1. The number of aryl methyl sites for hydroxylation is 1. The van der Waals surface area contributed by atoms with Crippen molar-refractivity contribution in [1.29, 1.82) is 0 Å². The van der Waals surface area contributed by atoms with E-state index < -0.39 is 33.5 Å². The number of ether oxygens (including phenoxy) is 2. The zero-order valence-electron chi connectivity index (χ0n) is 18.3. The number of carboxylic acids is 1. The Morgan fingerprint density at radius 3 is 2.47 bits per heavy atom. The maximum absolute atomic E-state index is 13.1. The summed E-state index contributed by atoms with van der Waals surface area (Å²) in [5, 5.41) is 12.8. The molecule has 0 aromatic heterocycles. The van der Waals surface area contributed by atoms with E-state index in [4.69, 9.17) is 9.47 Å². The molecule has 2 aromatic rings. The van der Waals surface area contributed by atoms with E-state index in [-0.39, 0.29) is 34.2 Å². The van der Waals surface area contributed by atoms with Gasteiger partial charge in [0.1, 0.15) is 23.0 Å². The first-order valence-electron chi connectivity index (χ1n) is 10.3. The highest BCUT2D eigenvalue weighted by molar-refractivity contribution is 7.91. The van der Waals surface area contributed by atoms with Crippen LogP contribution in [0.3, 0.4) is 0 Å². The molecule has 1 aliphatic rings. The van der Waals surface area contributed by atoms with Crippen LogP contribution in [0.15, 0.2) is 52.3 Å². The van der Waals surface area contributed by atoms with Crippen molar-refractivity contribution >= 4 is 21.8 Å². The fraction of sp³-hybridized carbons (Fsp3) is 0.391. The van der Waals surface area contributed by atoms with E-state index in [1.807, 2.05) is 0 Å². The molecule has 32 heavy (non-hydrogen) atoms. The summed E-state index contributed by atoms with van der Waals surface area (Å²) in [6, 6.07) is 10.6. The van der Waals surface area contributed by atoms with Crippen molar-refractivity contribution in [3.8, 4) is 5.75 Å². The molecule has 9 heteroatoms. The average molecular weight is 462 g/mol. The van der Waals surface area contributed by atoms with Crippen molar-refractivity contribution < 1.29 is 32.6 Å². The SMILES string of the molecule is CC(C)(C)OC(=O)CNCC1CCc2ccc(S(=O)(=O)c3ccccc3)c(C(=O)O)c2O1. The molecule has 0 amide bonds. The molecule has 1 aliphatic heterocycles. The summed E-state index contributed by atoms with van der Waals surface area (Å²) in [6.45, 7) is 5.60. The van der Waals surface area contributed by atoms with Crippen LogP contribution in [0.1, 0.15) is 43.1 Å². The molecule has 0 bridgehead atoms. The molecule has 1 unspecified atom stereocenters. The van der Waals surface area contributed by atoms with Crippen molar-refractivity contribution in [3.63, 3.8) is 0 Å². The van der Waals surface area contributed by atoms with E-state index in [0.717, 1.165) is 0 Å². The Morgan fingerprint density at radius 2 is 1.84 bits per heavy atom. The first-order valence-corrected chi connectivity index (χ1v) is 11.8. The van der Waals surface area contributed by atoms with Crippen LogP contribution in [0.2, 0.25) is 0 Å². The number of carbonyl (C=O) groups excluding carboxylic acids is 1. The second kappa shape index (κ2) is 9.30. The molecule has 0 saturated heterocycles. The lowest BCUT2D eigenvalue weighted by atomic mass is 9.99. The van der Waals surface area contributed by atoms with Crippen molar-refractivity contribution in [2.45, 2.75) is 55.1 Å². The summed E-state index contributed by atoms with van der Waals surface area (Å²) in [5.41, 5.74) is -0.322. The predicted molar refractivity (Wildman–Crippen MR) is 117 cm³/mol. The number of hydrogen-bond acceptors (Lipinski definition) is 7. The zero-order chi connectivity index (χ0) is 23.5. The summed E-state index contributed by atoms with van der Waals surface area (Å²) in [5.74, 6) is -1.72. The van der Waals surface area contributed by atoms with Crippen LogP contribution in [0.25, 0.3) is 0 Å². The van der Waals surface area contributed by atoms with Gasteiger partial charge in [0.05, 0.1) is 16.3 Å². The fourth-order valence-electron chi connectivity index (χ4n) is 3.49. The van der Waals surface area contributed by atoms with Gasteiger partial charge in [0, 0.05) is 6.54 Å². The summed E-state index contributed by atoms with van der Waals surface area (Å²) in [7, 11) is -4.05. The number of carbonyl (C=O) groups is 2. The van der Waals surface area contributed by atoms with Gasteiger partial charge in [-0.05, 0) is 57.4 Å². The van der Waals surface area contributed by atoms with Crippen molar-refractivity contribution in [3.05, 3.63) is 53.6 Å². The number of nitrogens with one attached hydrogen (secondary N) is 1. The number of carboxylic acid groups (broad SMARTS) is 1. The van der Waals surface area contributed by atoms with Gasteiger partial charge in [-0.25, -0.2) is 13.2 Å². The van der Waals surface area contributed by atoms with E-state index in [9.17, 15) is 23.1 Å². The number of sulfone groups is 1. The number of aromatic carboxylic acids is 1. The van der Waals surface area contributed by atoms with E-state index in [1.54, 1.807) is 45.0 Å². The number of esters is 1. The summed E-state index contributed by atoms with van der Waals surface area (Å²) < 4.78 is 37.4. The van der Waals surface area contributed by atoms with Gasteiger partial charge in [-0.3, -0.25) is 4.79 Å². The third-order valence-corrected chi connectivity index (χ3v) is 6.65. The van der Waals surface area contributed by atoms with E-state index in [0.29, 0.717) is 18.4 Å². The fourth-order valence-corrected chi connectivity index (χ4v) is 4.96. The Balaban J connectivity index is 1.82. The molecule has 0 fully saturated rings. The number of hydrogen-bond donors (Lipinski definition) is 2. The highest BCUT2D eigenvalue weighted by Gasteiger charge is 2.32. The Morgan fingerprint density at radius 1 is 1.16 bits per heavy atom.